The number of ether oxygens (including phenoxy) is 1. The van der Waals surface area contributed by atoms with Crippen molar-refractivity contribution in [2.45, 2.75) is 26.8 Å². The lowest BCUT2D eigenvalue weighted by atomic mass is 10.1. The van der Waals surface area contributed by atoms with Crippen molar-refractivity contribution < 1.29 is 9.53 Å². The fraction of sp³-hybridized carbons (Fsp3) is 0.357. The predicted octanol–water partition coefficient (Wildman–Crippen LogP) is 2.80. The quantitative estimate of drug-likeness (QED) is 0.627. The molecule has 1 rings (SSSR count). The van der Waals surface area contributed by atoms with Crippen molar-refractivity contribution in [1.82, 2.24) is 5.32 Å². The van der Waals surface area contributed by atoms with Crippen LogP contribution in [-0.2, 0) is 9.53 Å². The molecule has 0 radical (unpaired) electrons. The van der Waals surface area contributed by atoms with E-state index < -0.39 is 0 Å². The van der Waals surface area contributed by atoms with Crippen LogP contribution in [0.5, 0.6) is 0 Å². The Bertz CT molecular complexity index is 384. The average molecular weight is 233 g/mol. The second-order valence-electron chi connectivity index (χ2n) is 3.85. The third-order valence-corrected chi connectivity index (χ3v) is 2.45. The first-order valence-electron chi connectivity index (χ1n) is 5.80. The van der Waals surface area contributed by atoms with Crippen LogP contribution in [0.25, 0.3) is 0 Å². The van der Waals surface area contributed by atoms with Crippen LogP contribution >= 0.6 is 0 Å². The monoisotopic (exact) mass is 233 g/mol. The maximum atomic E-state index is 11.4. The van der Waals surface area contributed by atoms with Crippen molar-refractivity contribution in [3.63, 3.8) is 0 Å². The van der Waals surface area contributed by atoms with E-state index in [1.54, 1.807) is 20.0 Å². The zero-order valence-corrected chi connectivity index (χ0v) is 10.6. The fourth-order valence-corrected chi connectivity index (χ4v) is 1.39. The van der Waals surface area contributed by atoms with Gasteiger partial charge in [-0.2, -0.15) is 0 Å². The largest absolute Gasteiger partial charge is 0.463 e. The molecule has 0 heterocycles. The van der Waals surface area contributed by atoms with Gasteiger partial charge < -0.3 is 10.1 Å². The normalized spacial score (nSPS) is 13.0. The van der Waals surface area contributed by atoms with Crippen LogP contribution in [0.4, 0.5) is 0 Å². The first kappa shape index (κ1) is 13.3. The highest BCUT2D eigenvalue weighted by atomic mass is 16.5. The summed E-state index contributed by atoms with van der Waals surface area (Å²) in [6, 6.07) is 10.2. The Kier molecular flexibility index (Phi) is 5.27. The molecule has 0 aliphatic rings. The molecule has 0 bridgehead atoms. The topological polar surface area (TPSA) is 38.3 Å². The van der Waals surface area contributed by atoms with Crippen LogP contribution in [0, 0.1) is 0 Å². The molecule has 92 valence electrons. The number of hydrogen-bond donors (Lipinski definition) is 1. The van der Waals surface area contributed by atoms with Crippen molar-refractivity contribution in [2.24, 2.45) is 0 Å². The van der Waals surface area contributed by atoms with Gasteiger partial charge in [-0.05, 0) is 26.3 Å². The lowest BCUT2D eigenvalue weighted by Gasteiger charge is -2.12. The molecule has 1 N–H and O–H groups in total. The van der Waals surface area contributed by atoms with Gasteiger partial charge in [0.15, 0.2) is 0 Å². The maximum absolute atomic E-state index is 11.4. The standard InChI is InChI=1S/C14H19NO2/c1-4-17-14(16)11(2)10-15-12(3)13-8-6-5-7-9-13/h5-10,12,15H,4H2,1-3H3/b11-10+. The molecule has 0 fully saturated rings. The van der Waals surface area contributed by atoms with E-state index in [2.05, 4.69) is 5.32 Å². The summed E-state index contributed by atoms with van der Waals surface area (Å²) in [5, 5.41) is 3.18. The van der Waals surface area contributed by atoms with Gasteiger partial charge in [-0.3, -0.25) is 0 Å². The van der Waals surface area contributed by atoms with Crippen molar-refractivity contribution >= 4 is 5.97 Å². The molecule has 17 heavy (non-hydrogen) atoms. The molecule has 0 aliphatic carbocycles. The minimum absolute atomic E-state index is 0.167. The highest BCUT2D eigenvalue weighted by molar-refractivity contribution is 5.87. The van der Waals surface area contributed by atoms with Gasteiger partial charge in [-0.15, -0.1) is 0 Å². The van der Waals surface area contributed by atoms with E-state index in [0.717, 1.165) is 0 Å². The molecule has 1 atom stereocenters. The molecule has 0 saturated heterocycles. The number of carbonyl (C=O) groups excluding carboxylic acids is 1. The summed E-state index contributed by atoms with van der Waals surface area (Å²) in [5.41, 5.74) is 1.76. The first-order chi connectivity index (χ1) is 8.15. The summed E-state index contributed by atoms with van der Waals surface area (Å²) in [7, 11) is 0. The summed E-state index contributed by atoms with van der Waals surface area (Å²) in [6.45, 7) is 5.98. The number of hydrogen-bond acceptors (Lipinski definition) is 3. The summed E-state index contributed by atoms with van der Waals surface area (Å²) >= 11 is 0. The van der Waals surface area contributed by atoms with Crippen LogP contribution in [0.2, 0.25) is 0 Å². The number of rotatable bonds is 5. The summed E-state index contributed by atoms with van der Waals surface area (Å²) < 4.78 is 4.89. The zero-order valence-electron chi connectivity index (χ0n) is 10.6. The summed E-state index contributed by atoms with van der Waals surface area (Å²) in [4.78, 5) is 11.4. The first-order valence-corrected chi connectivity index (χ1v) is 5.80. The molecule has 3 heteroatoms. The van der Waals surface area contributed by atoms with E-state index >= 15 is 0 Å². The number of carbonyl (C=O) groups is 1. The van der Waals surface area contributed by atoms with Crippen molar-refractivity contribution in [2.75, 3.05) is 6.61 Å². The van der Waals surface area contributed by atoms with E-state index in [-0.39, 0.29) is 12.0 Å². The Morgan fingerprint density at radius 1 is 1.41 bits per heavy atom. The molecule has 0 aliphatic heterocycles. The molecule has 0 aromatic heterocycles. The highest BCUT2D eigenvalue weighted by Gasteiger charge is 2.06. The van der Waals surface area contributed by atoms with Crippen LogP contribution in [0.1, 0.15) is 32.4 Å². The Labute approximate surface area is 102 Å². The molecule has 1 aromatic carbocycles. The minimum Gasteiger partial charge on any atom is -0.463 e. The third-order valence-electron chi connectivity index (χ3n) is 2.45. The fourth-order valence-electron chi connectivity index (χ4n) is 1.39. The Morgan fingerprint density at radius 3 is 2.65 bits per heavy atom. The molecular formula is C14H19NO2. The third kappa shape index (κ3) is 4.31. The number of benzene rings is 1. The zero-order chi connectivity index (χ0) is 12.7. The number of esters is 1. The van der Waals surface area contributed by atoms with Gasteiger partial charge >= 0.3 is 5.97 Å². The molecule has 1 unspecified atom stereocenters. The van der Waals surface area contributed by atoms with Gasteiger partial charge in [-0.25, -0.2) is 4.79 Å². The minimum atomic E-state index is -0.278. The average Bonchev–Trinajstić information content (AvgIpc) is 2.36. The van der Waals surface area contributed by atoms with Gasteiger partial charge in [0.05, 0.1) is 6.61 Å². The van der Waals surface area contributed by atoms with Gasteiger partial charge in [-0.1, -0.05) is 30.3 Å². The molecule has 3 nitrogen and oxygen atoms in total. The molecule has 0 amide bonds. The predicted molar refractivity (Wildman–Crippen MR) is 68.4 cm³/mol. The van der Waals surface area contributed by atoms with Gasteiger partial charge in [0.1, 0.15) is 0 Å². The maximum Gasteiger partial charge on any atom is 0.335 e. The van der Waals surface area contributed by atoms with E-state index in [0.29, 0.717) is 12.2 Å². The van der Waals surface area contributed by atoms with E-state index in [1.807, 2.05) is 37.3 Å². The smallest absolute Gasteiger partial charge is 0.335 e. The Morgan fingerprint density at radius 2 is 2.06 bits per heavy atom. The van der Waals surface area contributed by atoms with Crippen molar-refractivity contribution in [1.29, 1.82) is 0 Å². The van der Waals surface area contributed by atoms with Crippen molar-refractivity contribution in [3.8, 4) is 0 Å². The molecular weight excluding hydrogens is 214 g/mol. The molecule has 0 saturated carbocycles. The Hall–Kier alpha value is -1.77. The van der Waals surface area contributed by atoms with E-state index in [9.17, 15) is 4.79 Å². The van der Waals surface area contributed by atoms with Crippen LogP contribution < -0.4 is 5.32 Å². The van der Waals surface area contributed by atoms with E-state index in [4.69, 9.17) is 4.74 Å². The van der Waals surface area contributed by atoms with Crippen LogP contribution in [-0.4, -0.2) is 12.6 Å². The van der Waals surface area contributed by atoms with E-state index in [1.165, 1.54) is 5.56 Å². The summed E-state index contributed by atoms with van der Waals surface area (Å²) in [6.07, 6.45) is 1.70. The second-order valence-corrected chi connectivity index (χ2v) is 3.85. The number of nitrogens with one attached hydrogen (secondary N) is 1. The van der Waals surface area contributed by atoms with Gasteiger partial charge in [0.25, 0.3) is 0 Å². The lowest BCUT2D eigenvalue weighted by molar-refractivity contribution is -0.138. The lowest BCUT2D eigenvalue weighted by Crippen LogP contribution is -2.15. The highest BCUT2D eigenvalue weighted by Crippen LogP contribution is 2.11. The Balaban J connectivity index is 2.55. The van der Waals surface area contributed by atoms with Gasteiger partial charge in [0.2, 0.25) is 0 Å². The van der Waals surface area contributed by atoms with Gasteiger partial charge in [0, 0.05) is 17.8 Å². The molecule has 1 aromatic rings. The van der Waals surface area contributed by atoms with Crippen LogP contribution in [0.15, 0.2) is 42.1 Å². The second kappa shape index (κ2) is 6.74. The van der Waals surface area contributed by atoms with Crippen molar-refractivity contribution in [3.05, 3.63) is 47.7 Å². The summed E-state index contributed by atoms with van der Waals surface area (Å²) in [5.74, 6) is -0.278. The van der Waals surface area contributed by atoms with Crippen LogP contribution in [0.3, 0.4) is 0 Å². The SMILES string of the molecule is CCOC(=O)/C(C)=C/NC(C)c1ccccc1. The molecule has 0 spiro atoms.